The number of hydrogen-bond donors (Lipinski definition) is 12. The molecule has 4 aliphatic heterocycles. The van der Waals surface area contributed by atoms with Gasteiger partial charge in [-0.2, -0.15) is 0 Å². The highest BCUT2D eigenvalue weighted by Gasteiger charge is 2.33. The predicted molar refractivity (Wildman–Crippen MR) is 592 cm³/mol. The Labute approximate surface area is 843 Å². The minimum atomic E-state index is 0.446. The van der Waals surface area contributed by atoms with Crippen LogP contribution in [0.1, 0.15) is 199 Å². The number of likely N-dealkylation sites (N-methyl/N-ethyl adjacent to an activating group) is 2. The maximum atomic E-state index is 5.39. The molecule has 22 nitrogen and oxygen atoms in total. The average Bonchev–Trinajstić information content (AvgIpc) is 1.61. The van der Waals surface area contributed by atoms with E-state index in [0.29, 0.717) is 59.0 Å². The number of methoxy groups -OCH3 is 4. The van der Waals surface area contributed by atoms with Crippen molar-refractivity contribution in [3.63, 3.8) is 0 Å². The maximum Gasteiger partial charge on any atom is 0.162 e. The molecule has 4 saturated heterocycles. The Morgan fingerprint density at radius 3 is 1.20 bits per heavy atom. The Balaban J connectivity index is 0.000000106. The van der Waals surface area contributed by atoms with E-state index in [0.717, 1.165) is 128 Å². The molecule has 6 aliphatic carbocycles. The van der Waals surface area contributed by atoms with Crippen molar-refractivity contribution in [2.75, 3.05) is 136 Å². The first-order valence-corrected chi connectivity index (χ1v) is 53.1. The standard InChI is InChI=1S/C28H34N4.C27H33N5.C23H26N2.C22H27N3O2.C21H26N4O2/c1-32-14-10-21(11-15-32)27-18-30-28-17-23(5-7-25(27)28)31-22-4-2-19-3-6-24(26(19)16-22)20-8-12-29-13-9-20;1-28-19-6-9-25-24(15-19)22-8-10-26(31-27(22)32(25)2)30-20-5-3-17-4-7-21(23(17)16-20)18-11-13-29-14-12-18;1-2-6-16(7-3-1)21-15-24-23-14-18(11-12-20(21)23)25-22-13-10-17-8-4-5-9-19(17)22;1-25-10-8-15(9-11-25)19-14-23-20-12-16(4-6-18(19)20)24-17-5-7-21(26-2)22(13-17)27-3;1-22-13-5-8-17-16(11-13)15-7-10-20(24-21(15)25(17)2)23-14-6-9-18(26-3)19(12-14)27-4/h2,4-7,16-18,20-21,29-31H,3,8-15H2,1H3;3,5,7-8,10,16,18-19,28-29H,4,6,9,11-15H2,1-2H3,(H,30,31);4-5,8-9,11-12,14-16,22,24-25H,1-3,6-7,10,13H2;4-7,12-15,23-24H,8-11H2,1-3H3;6-7,9-10,12-13,22H,5,8,11H2,1-4H3,(H,23,24). The molecule has 0 amide bonds. The lowest BCUT2D eigenvalue weighted by Crippen LogP contribution is -2.31. The molecule has 15 aromatic rings. The fourth-order valence-electron chi connectivity index (χ4n) is 24.9. The quantitative estimate of drug-likeness (QED) is 0.0321. The van der Waals surface area contributed by atoms with Crippen molar-refractivity contribution < 1.29 is 18.9 Å². The van der Waals surface area contributed by atoms with E-state index in [1.807, 2.05) is 49.5 Å². The van der Waals surface area contributed by atoms with Gasteiger partial charge in [0.05, 0.1) is 34.5 Å². The third-order valence-corrected chi connectivity index (χ3v) is 33.1. The van der Waals surface area contributed by atoms with Gasteiger partial charge >= 0.3 is 0 Å². The Kier molecular flexibility index (Phi) is 29.5. The molecule has 0 radical (unpaired) electrons. The van der Waals surface area contributed by atoms with Crippen LogP contribution in [0.25, 0.3) is 65.9 Å². The first-order valence-electron chi connectivity index (χ1n) is 53.1. The molecule has 1 saturated carbocycles. The average molecular weight is 1920 g/mol. The van der Waals surface area contributed by atoms with E-state index in [1.54, 1.807) is 39.6 Å². The van der Waals surface area contributed by atoms with Gasteiger partial charge in [-0.15, -0.1) is 0 Å². The number of ether oxygens (including phenoxy) is 4. The van der Waals surface area contributed by atoms with Crippen LogP contribution < -0.4 is 66.8 Å². The van der Waals surface area contributed by atoms with Crippen LogP contribution in [0.5, 0.6) is 23.0 Å². The zero-order valence-electron chi connectivity index (χ0n) is 85.5. The third kappa shape index (κ3) is 21.0. The molecule has 0 bridgehead atoms. The summed E-state index contributed by atoms with van der Waals surface area (Å²) in [5, 5.41) is 38.4. The van der Waals surface area contributed by atoms with E-state index in [-0.39, 0.29) is 0 Å². The molecule has 10 aliphatic rings. The predicted octanol–water partition coefficient (Wildman–Crippen LogP) is 24.5. The highest BCUT2D eigenvalue weighted by Crippen LogP contribution is 2.47. The molecule has 7 aromatic heterocycles. The van der Waals surface area contributed by atoms with Crippen molar-refractivity contribution in [2.45, 2.75) is 184 Å². The van der Waals surface area contributed by atoms with Gasteiger partial charge in [-0.3, -0.25) is 0 Å². The molecular weight excluding hydrogens is 1770 g/mol. The van der Waals surface area contributed by atoms with E-state index in [2.05, 4.69) is 281 Å². The number of hydrogen-bond acceptors (Lipinski definition) is 17. The number of likely N-dealkylation sites (tertiary alicyclic amines) is 2. The molecule has 5 fully saturated rings. The first kappa shape index (κ1) is 96.3. The number of nitrogens with one attached hydrogen (secondary N) is 12. The molecular formula is C121H146N18O4. The molecule has 0 spiro atoms. The zero-order chi connectivity index (χ0) is 97.6. The number of piperidine rings is 4. The van der Waals surface area contributed by atoms with E-state index < -0.39 is 0 Å². The highest BCUT2D eigenvalue weighted by molar-refractivity contribution is 5.92. The van der Waals surface area contributed by atoms with Gasteiger partial charge in [0.15, 0.2) is 23.0 Å². The summed E-state index contributed by atoms with van der Waals surface area (Å²) in [6.45, 7) is 9.30. The number of fused-ring (bicyclic) bond motifs is 12. The van der Waals surface area contributed by atoms with Gasteiger partial charge in [-0.25, -0.2) is 9.97 Å². The van der Waals surface area contributed by atoms with Gasteiger partial charge in [0.2, 0.25) is 0 Å². The zero-order valence-corrected chi connectivity index (χ0v) is 85.5. The molecule has 12 N–H and O–H groups in total. The molecule has 3 unspecified atom stereocenters. The molecule has 3 atom stereocenters. The summed E-state index contributed by atoms with van der Waals surface area (Å²) in [5.41, 5.74) is 35.6. The normalized spacial score (nSPS) is 18.9. The summed E-state index contributed by atoms with van der Waals surface area (Å²) < 4.78 is 25.9. The van der Waals surface area contributed by atoms with Gasteiger partial charge in [-0.1, -0.05) is 86.0 Å². The van der Waals surface area contributed by atoms with Crippen molar-refractivity contribution in [2.24, 2.45) is 25.9 Å². The Morgan fingerprint density at radius 1 is 0.343 bits per heavy atom. The summed E-state index contributed by atoms with van der Waals surface area (Å²) in [6, 6.07) is 64.6. The molecule has 143 heavy (non-hydrogen) atoms. The van der Waals surface area contributed by atoms with Crippen molar-refractivity contribution in [3.05, 3.63) is 279 Å². The Hall–Kier alpha value is -12.8. The lowest BCUT2D eigenvalue weighted by molar-refractivity contribution is 0.256. The van der Waals surface area contributed by atoms with Gasteiger partial charge in [0.1, 0.15) is 22.9 Å². The van der Waals surface area contributed by atoms with Gasteiger partial charge < -0.3 is 101 Å². The topological polar surface area (TPSA) is 235 Å². The number of anilines is 9. The van der Waals surface area contributed by atoms with Crippen LogP contribution in [0, 0.1) is 11.8 Å². The summed E-state index contributed by atoms with van der Waals surface area (Å²) in [5.74, 6) is 8.07. The summed E-state index contributed by atoms with van der Waals surface area (Å²) in [7, 11) is 19.4. The molecule has 25 rings (SSSR count). The maximum absolute atomic E-state index is 5.39. The summed E-state index contributed by atoms with van der Waals surface area (Å²) in [4.78, 5) is 25.3. The van der Waals surface area contributed by atoms with Crippen LogP contribution >= 0.6 is 0 Å². The SMILES string of the molecule is CN1CCC(c2c[nH]c3cc(Nc4ccc5c(c4)C(C4CCNCC4)=CC5)ccc23)CC1.CNC1CCc2c(c3ccc(Nc4ccc(OC)c(OC)c4)nc3n2C)C1.CNC1CCc2c(c3ccc(Nc4ccc5c(c4)C(C4CCNCC4)=CC5)nc3n2C)C1.COc1ccc(Nc2ccc3c(C4CCN(C)CC4)c[nH]c3c2)cc1OC.c1ccc2c(c1)CCC2Nc1ccc2c(C3CCCCC3)c[nH]c2c1. The number of nitrogens with zero attached hydrogens (tertiary/aromatic N) is 6. The second kappa shape index (κ2) is 43.8. The lowest BCUT2D eigenvalue weighted by atomic mass is 9.84. The van der Waals surface area contributed by atoms with Crippen molar-refractivity contribution in [3.8, 4) is 23.0 Å². The number of aromatic amines is 3. The monoisotopic (exact) mass is 1920 g/mol. The number of aryl methyl sites for hydroxylation is 3. The number of aromatic nitrogens is 7. The third-order valence-electron chi connectivity index (χ3n) is 33.1. The van der Waals surface area contributed by atoms with Crippen LogP contribution in [-0.4, -0.2) is 165 Å². The summed E-state index contributed by atoms with van der Waals surface area (Å²) >= 11 is 0. The number of allylic oxidation sites excluding steroid dienone is 4. The first-order chi connectivity index (χ1) is 70.1. The van der Waals surface area contributed by atoms with E-state index in [4.69, 9.17) is 28.9 Å². The van der Waals surface area contributed by atoms with Crippen LogP contribution in [0.3, 0.4) is 0 Å². The molecule has 22 heteroatoms. The Morgan fingerprint density at radius 2 is 0.741 bits per heavy atom. The van der Waals surface area contributed by atoms with Gasteiger partial charge in [-0.05, 0) is 420 Å². The fourth-order valence-corrected chi connectivity index (χ4v) is 24.9. The van der Waals surface area contributed by atoms with Crippen molar-refractivity contribution >= 4 is 117 Å². The minimum Gasteiger partial charge on any atom is -0.493 e. The largest absolute Gasteiger partial charge is 0.493 e. The van der Waals surface area contributed by atoms with E-state index in [9.17, 15) is 0 Å². The number of pyridine rings is 2. The Bertz CT molecular complexity index is 7080. The van der Waals surface area contributed by atoms with Gasteiger partial charge in [0, 0.05) is 152 Å². The molecule has 8 aromatic carbocycles. The van der Waals surface area contributed by atoms with Crippen molar-refractivity contribution in [1.29, 1.82) is 0 Å². The molecule has 744 valence electrons. The lowest BCUT2D eigenvalue weighted by Gasteiger charge is -2.28. The molecule has 11 heterocycles. The van der Waals surface area contributed by atoms with Gasteiger partial charge in [0.25, 0.3) is 0 Å². The smallest absolute Gasteiger partial charge is 0.162 e. The van der Waals surface area contributed by atoms with Crippen LogP contribution in [0.2, 0.25) is 0 Å². The minimum absolute atomic E-state index is 0.446. The fraction of sp³-hybridized carbons (Fsp3) is 0.405. The number of H-pyrrole nitrogens is 3. The summed E-state index contributed by atoms with van der Waals surface area (Å²) in [6.07, 6.45) is 39.8. The number of rotatable bonds is 21. The second-order valence-electron chi connectivity index (χ2n) is 41.7. The van der Waals surface area contributed by atoms with Crippen molar-refractivity contribution in [1.82, 2.24) is 65.1 Å². The number of benzene rings is 8. The van der Waals surface area contributed by atoms with Crippen LogP contribution in [0.4, 0.5) is 51.4 Å². The van der Waals surface area contributed by atoms with E-state index in [1.165, 1.54) is 263 Å². The van der Waals surface area contributed by atoms with Crippen LogP contribution in [-0.2, 0) is 59.0 Å². The highest BCUT2D eigenvalue weighted by atomic mass is 16.5. The van der Waals surface area contributed by atoms with E-state index >= 15 is 0 Å². The van der Waals surface area contributed by atoms with Crippen LogP contribution in [0.15, 0.2) is 207 Å². The second-order valence-corrected chi connectivity index (χ2v) is 41.7.